The molecule has 1 rings (SSSR count). The molecule has 0 aliphatic heterocycles. The third kappa shape index (κ3) is 4.32. The fraction of sp³-hybridized carbons (Fsp3) is 0.417. The van der Waals surface area contributed by atoms with Crippen LogP contribution in [0.25, 0.3) is 0 Å². The maximum Gasteiger partial charge on any atom is 0.258 e. The van der Waals surface area contributed by atoms with Gasteiger partial charge in [0.2, 0.25) is 0 Å². The first-order chi connectivity index (χ1) is 8.17. The van der Waals surface area contributed by atoms with E-state index in [1.807, 2.05) is 19.1 Å². The molecule has 5 heteroatoms. The van der Waals surface area contributed by atoms with E-state index in [2.05, 4.69) is 5.32 Å². The number of nitrogens with two attached hydrogens (primary N) is 1. The maximum absolute atomic E-state index is 11.5. The van der Waals surface area contributed by atoms with Gasteiger partial charge in [0.1, 0.15) is 0 Å². The first kappa shape index (κ1) is 13.3. The molecule has 0 unspecified atom stereocenters. The Bertz CT molecular complexity index is 369. The summed E-state index contributed by atoms with van der Waals surface area (Å²) in [6, 6.07) is 7.12. The van der Waals surface area contributed by atoms with Gasteiger partial charge in [0.25, 0.3) is 5.91 Å². The molecular formula is C12H18N2O3. The second-order valence-corrected chi connectivity index (χ2v) is 3.64. The molecule has 1 atom stereocenters. The minimum absolute atomic E-state index is 0.0509. The van der Waals surface area contributed by atoms with Crippen LogP contribution in [-0.2, 0) is 4.79 Å². The van der Waals surface area contributed by atoms with E-state index in [9.17, 15) is 4.79 Å². The van der Waals surface area contributed by atoms with Gasteiger partial charge in [-0.25, -0.2) is 0 Å². The molecule has 3 N–H and O–H groups in total. The second kappa shape index (κ2) is 6.75. The molecule has 17 heavy (non-hydrogen) atoms. The summed E-state index contributed by atoms with van der Waals surface area (Å²) in [5.74, 6) is 0.951. The molecular weight excluding hydrogens is 220 g/mol. The average Bonchev–Trinajstić information content (AvgIpc) is 2.36. The molecule has 1 aromatic carbocycles. The largest absolute Gasteiger partial charge is 0.493 e. The van der Waals surface area contributed by atoms with E-state index >= 15 is 0 Å². The Morgan fingerprint density at radius 1 is 1.41 bits per heavy atom. The van der Waals surface area contributed by atoms with Crippen LogP contribution in [0.4, 0.5) is 0 Å². The fourth-order valence-corrected chi connectivity index (χ4v) is 1.26. The number of rotatable bonds is 6. The Hall–Kier alpha value is -1.75. The van der Waals surface area contributed by atoms with E-state index in [1.54, 1.807) is 19.2 Å². The number of methoxy groups -OCH3 is 1. The van der Waals surface area contributed by atoms with E-state index in [4.69, 9.17) is 15.2 Å². The van der Waals surface area contributed by atoms with Crippen molar-refractivity contribution in [2.75, 3.05) is 20.3 Å². The van der Waals surface area contributed by atoms with Crippen molar-refractivity contribution in [3.8, 4) is 11.5 Å². The standard InChI is InChI=1S/C12H18N2O3/c1-9(7-13)14-12(15)8-17-11-6-4-3-5-10(11)16-2/h3-6,9H,7-8,13H2,1-2H3,(H,14,15)/t9-/m0/s1. The monoisotopic (exact) mass is 238 g/mol. The van der Waals surface area contributed by atoms with Crippen molar-refractivity contribution in [1.29, 1.82) is 0 Å². The van der Waals surface area contributed by atoms with Crippen LogP contribution in [0.2, 0.25) is 0 Å². The number of benzene rings is 1. The van der Waals surface area contributed by atoms with Crippen molar-refractivity contribution in [2.45, 2.75) is 13.0 Å². The van der Waals surface area contributed by atoms with Crippen LogP contribution < -0.4 is 20.5 Å². The molecule has 0 radical (unpaired) electrons. The molecule has 0 saturated carbocycles. The topological polar surface area (TPSA) is 73.6 Å². The number of para-hydroxylation sites is 2. The van der Waals surface area contributed by atoms with Crippen molar-refractivity contribution >= 4 is 5.91 Å². The first-order valence-electron chi connectivity index (χ1n) is 5.42. The molecule has 0 aliphatic carbocycles. The van der Waals surface area contributed by atoms with E-state index in [0.717, 1.165) is 0 Å². The highest BCUT2D eigenvalue weighted by atomic mass is 16.5. The van der Waals surface area contributed by atoms with Crippen LogP contribution in [0, 0.1) is 0 Å². The zero-order valence-corrected chi connectivity index (χ0v) is 10.1. The summed E-state index contributed by atoms with van der Waals surface area (Å²) in [5, 5.41) is 2.71. The van der Waals surface area contributed by atoms with Crippen molar-refractivity contribution in [2.24, 2.45) is 5.73 Å². The van der Waals surface area contributed by atoms with Gasteiger partial charge in [-0.3, -0.25) is 4.79 Å². The number of carbonyl (C=O) groups excluding carboxylic acids is 1. The molecule has 94 valence electrons. The molecule has 0 bridgehead atoms. The lowest BCUT2D eigenvalue weighted by Gasteiger charge is -2.13. The summed E-state index contributed by atoms with van der Waals surface area (Å²) in [6.45, 7) is 2.19. The summed E-state index contributed by atoms with van der Waals surface area (Å²) in [7, 11) is 1.55. The lowest BCUT2D eigenvalue weighted by molar-refractivity contribution is -0.123. The zero-order chi connectivity index (χ0) is 12.7. The predicted molar refractivity (Wildman–Crippen MR) is 65.1 cm³/mol. The highest BCUT2D eigenvalue weighted by Crippen LogP contribution is 2.25. The highest BCUT2D eigenvalue weighted by molar-refractivity contribution is 5.77. The lowest BCUT2D eigenvalue weighted by Crippen LogP contribution is -2.40. The van der Waals surface area contributed by atoms with Crippen LogP contribution in [0.5, 0.6) is 11.5 Å². The number of hydrogen-bond donors (Lipinski definition) is 2. The van der Waals surface area contributed by atoms with Crippen LogP contribution in [0.15, 0.2) is 24.3 Å². The first-order valence-corrected chi connectivity index (χ1v) is 5.42. The van der Waals surface area contributed by atoms with Crippen molar-refractivity contribution < 1.29 is 14.3 Å². The Morgan fingerprint density at radius 3 is 2.65 bits per heavy atom. The van der Waals surface area contributed by atoms with Crippen LogP contribution in [-0.4, -0.2) is 32.2 Å². The summed E-state index contributed by atoms with van der Waals surface area (Å²) in [5.41, 5.74) is 5.40. The van der Waals surface area contributed by atoms with Gasteiger partial charge < -0.3 is 20.5 Å². The molecule has 5 nitrogen and oxygen atoms in total. The summed E-state index contributed by atoms with van der Waals surface area (Å²) in [4.78, 5) is 11.5. The number of hydrogen-bond acceptors (Lipinski definition) is 4. The molecule has 0 saturated heterocycles. The molecule has 1 aromatic rings. The van der Waals surface area contributed by atoms with Gasteiger partial charge in [-0.05, 0) is 19.1 Å². The Balaban J connectivity index is 2.47. The average molecular weight is 238 g/mol. The molecule has 0 heterocycles. The van der Waals surface area contributed by atoms with E-state index in [1.165, 1.54) is 0 Å². The van der Waals surface area contributed by atoms with Gasteiger partial charge in [0.05, 0.1) is 7.11 Å². The summed E-state index contributed by atoms with van der Waals surface area (Å²) < 4.78 is 10.5. The van der Waals surface area contributed by atoms with E-state index in [-0.39, 0.29) is 18.6 Å². The second-order valence-electron chi connectivity index (χ2n) is 3.64. The molecule has 0 fully saturated rings. The number of ether oxygens (including phenoxy) is 2. The van der Waals surface area contributed by atoms with E-state index in [0.29, 0.717) is 18.0 Å². The maximum atomic E-state index is 11.5. The summed E-state index contributed by atoms with van der Waals surface area (Å²) in [6.07, 6.45) is 0. The lowest BCUT2D eigenvalue weighted by atomic mass is 10.3. The van der Waals surface area contributed by atoms with Gasteiger partial charge in [-0.1, -0.05) is 12.1 Å². The third-order valence-corrected chi connectivity index (χ3v) is 2.19. The minimum atomic E-state index is -0.200. The van der Waals surface area contributed by atoms with Crippen LogP contribution in [0.3, 0.4) is 0 Å². The predicted octanol–water partition coefficient (Wildman–Crippen LogP) is 0.537. The number of nitrogens with one attached hydrogen (secondary N) is 1. The Labute approximate surface area is 101 Å². The molecule has 0 aliphatic rings. The number of amides is 1. The third-order valence-electron chi connectivity index (χ3n) is 2.19. The van der Waals surface area contributed by atoms with Crippen LogP contribution in [0.1, 0.15) is 6.92 Å². The summed E-state index contributed by atoms with van der Waals surface area (Å²) >= 11 is 0. The van der Waals surface area contributed by atoms with Crippen LogP contribution >= 0.6 is 0 Å². The molecule has 1 amide bonds. The van der Waals surface area contributed by atoms with Crippen molar-refractivity contribution in [1.82, 2.24) is 5.32 Å². The molecule has 0 aromatic heterocycles. The van der Waals surface area contributed by atoms with Gasteiger partial charge in [0.15, 0.2) is 18.1 Å². The Morgan fingerprint density at radius 2 is 2.06 bits per heavy atom. The number of carbonyl (C=O) groups is 1. The zero-order valence-electron chi connectivity index (χ0n) is 10.1. The quantitative estimate of drug-likeness (QED) is 0.758. The van der Waals surface area contributed by atoms with Gasteiger partial charge >= 0.3 is 0 Å². The fourth-order valence-electron chi connectivity index (χ4n) is 1.26. The van der Waals surface area contributed by atoms with Gasteiger partial charge in [-0.15, -0.1) is 0 Å². The molecule has 0 spiro atoms. The Kier molecular flexibility index (Phi) is 5.29. The highest BCUT2D eigenvalue weighted by Gasteiger charge is 2.08. The van der Waals surface area contributed by atoms with Crippen molar-refractivity contribution in [3.05, 3.63) is 24.3 Å². The smallest absolute Gasteiger partial charge is 0.258 e. The van der Waals surface area contributed by atoms with E-state index < -0.39 is 0 Å². The normalized spacial score (nSPS) is 11.7. The SMILES string of the molecule is COc1ccccc1OCC(=O)N[C@@H](C)CN. The van der Waals surface area contributed by atoms with Gasteiger partial charge in [0, 0.05) is 12.6 Å². The van der Waals surface area contributed by atoms with Crippen molar-refractivity contribution in [3.63, 3.8) is 0 Å². The minimum Gasteiger partial charge on any atom is -0.493 e. The van der Waals surface area contributed by atoms with Gasteiger partial charge in [-0.2, -0.15) is 0 Å².